The van der Waals surface area contributed by atoms with Crippen molar-refractivity contribution in [3.05, 3.63) is 71.8 Å². The SMILES string of the molecule is COCC[C@H](NC(=O)OCc1ccccc1)C(=O)OCc1ccccc1. The molecule has 0 aliphatic heterocycles. The number of amides is 1. The second-order valence-corrected chi connectivity index (χ2v) is 5.63. The molecule has 0 spiro atoms. The number of methoxy groups -OCH3 is 1. The second-order valence-electron chi connectivity index (χ2n) is 5.63. The number of nitrogens with one attached hydrogen (secondary N) is 1. The Morgan fingerprint density at radius 3 is 1.96 bits per heavy atom. The Hall–Kier alpha value is -2.86. The van der Waals surface area contributed by atoms with E-state index in [0.717, 1.165) is 11.1 Å². The molecule has 1 atom stereocenters. The van der Waals surface area contributed by atoms with Gasteiger partial charge in [-0.05, 0) is 11.1 Å². The van der Waals surface area contributed by atoms with Gasteiger partial charge in [0.2, 0.25) is 0 Å². The van der Waals surface area contributed by atoms with E-state index in [1.807, 2.05) is 60.7 Å². The highest BCUT2D eigenvalue weighted by molar-refractivity contribution is 5.81. The third-order valence-electron chi connectivity index (χ3n) is 3.62. The molecule has 0 fully saturated rings. The molecule has 0 aliphatic carbocycles. The number of carbonyl (C=O) groups excluding carboxylic acids is 2. The van der Waals surface area contributed by atoms with Gasteiger partial charge >= 0.3 is 12.1 Å². The van der Waals surface area contributed by atoms with Gasteiger partial charge in [0.05, 0.1) is 0 Å². The Morgan fingerprint density at radius 2 is 1.42 bits per heavy atom. The fourth-order valence-corrected chi connectivity index (χ4v) is 2.22. The molecule has 6 heteroatoms. The van der Waals surface area contributed by atoms with Crippen molar-refractivity contribution < 1.29 is 23.8 Å². The summed E-state index contributed by atoms with van der Waals surface area (Å²) in [6, 6.07) is 17.8. The first kappa shape index (κ1) is 19.5. The van der Waals surface area contributed by atoms with E-state index in [-0.39, 0.29) is 13.2 Å². The van der Waals surface area contributed by atoms with Gasteiger partial charge in [-0.25, -0.2) is 9.59 Å². The van der Waals surface area contributed by atoms with Crippen LogP contribution in [0.5, 0.6) is 0 Å². The smallest absolute Gasteiger partial charge is 0.408 e. The van der Waals surface area contributed by atoms with Gasteiger partial charge in [-0.3, -0.25) is 0 Å². The highest BCUT2D eigenvalue weighted by Gasteiger charge is 2.23. The van der Waals surface area contributed by atoms with Crippen molar-refractivity contribution in [2.75, 3.05) is 13.7 Å². The fourth-order valence-electron chi connectivity index (χ4n) is 2.22. The first-order valence-corrected chi connectivity index (χ1v) is 8.35. The van der Waals surface area contributed by atoms with Crippen LogP contribution in [0.15, 0.2) is 60.7 Å². The van der Waals surface area contributed by atoms with Crippen LogP contribution >= 0.6 is 0 Å². The zero-order valence-corrected chi connectivity index (χ0v) is 14.7. The lowest BCUT2D eigenvalue weighted by atomic mass is 10.2. The van der Waals surface area contributed by atoms with Crippen molar-refractivity contribution >= 4 is 12.1 Å². The Balaban J connectivity index is 1.84. The molecule has 0 aliphatic rings. The molecule has 1 N–H and O–H groups in total. The van der Waals surface area contributed by atoms with E-state index in [9.17, 15) is 9.59 Å². The molecule has 0 saturated carbocycles. The topological polar surface area (TPSA) is 73.9 Å². The maximum absolute atomic E-state index is 12.3. The summed E-state index contributed by atoms with van der Waals surface area (Å²) in [4.78, 5) is 24.3. The third-order valence-corrected chi connectivity index (χ3v) is 3.62. The van der Waals surface area contributed by atoms with E-state index in [2.05, 4.69) is 5.32 Å². The third kappa shape index (κ3) is 6.94. The zero-order chi connectivity index (χ0) is 18.6. The van der Waals surface area contributed by atoms with E-state index in [1.165, 1.54) is 7.11 Å². The lowest BCUT2D eigenvalue weighted by Crippen LogP contribution is -2.42. The van der Waals surface area contributed by atoms with Crippen LogP contribution in [-0.2, 0) is 32.2 Å². The summed E-state index contributed by atoms with van der Waals surface area (Å²) in [5.74, 6) is -0.525. The molecule has 0 radical (unpaired) electrons. The molecule has 0 heterocycles. The van der Waals surface area contributed by atoms with Crippen molar-refractivity contribution in [1.82, 2.24) is 5.32 Å². The lowest BCUT2D eigenvalue weighted by Gasteiger charge is -2.17. The van der Waals surface area contributed by atoms with Crippen molar-refractivity contribution in [1.29, 1.82) is 0 Å². The quantitative estimate of drug-likeness (QED) is 0.698. The molecule has 2 aromatic rings. The van der Waals surface area contributed by atoms with E-state index >= 15 is 0 Å². The molecule has 2 aromatic carbocycles. The summed E-state index contributed by atoms with van der Waals surface area (Å²) in [5, 5.41) is 2.54. The molecule has 6 nitrogen and oxygen atoms in total. The summed E-state index contributed by atoms with van der Waals surface area (Å²) in [7, 11) is 1.53. The minimum Gasteiger partial charge on any atom is -0.459 e. The first-order valence-electron chi connectivity index (χ1n) is 8.35. The number of rotatable bonds is 9. The Morgan fingerprint density at radius 1 is 0.885 bits per heavy atom. The van der Waals surface area contributed by atoms with Crippen LogP contribution < -0.4 is 5.32 Å². The molecule has 26 heavy (non-hydrogen) atoms. The summed E-state index contributed by atoms with van der Waals surface area (Å²) >= 11 is 0. The number of carbonyl (C=O) groups is 2. The van der Waals surface area contributed by atoms with Crippen molar-refractivity contribution in [3.8, 4) is 0 Å². The minimum absolute atomic E-state index is 0.128. The number of hydrogen-bond acceptors (Lipinski definition) is 5. The average molecular weight is 357 g/mol. The first-order chi connectivity index (χ1) is 12.7. The molecule has 1 amide bonds. The van der Waals surface area contributed by atoms with E-state index < -0.39 is 18.1 Å². The number of hydrogen-bond donors (Lipinski definition) is 1. The molecule has 0 bridgehead atoms. The van der Waals surface area contributed by atoms with Crippen LogP contribution in [0.1, 0.15) is 17.5 Å². The van der Waals surface area contributed by atoms with Crippen molar-refractivity contribution in [2.45, 2.75) is 25.7 Å². The predicted octanol–water partition coefficient (Wildman–Crippen LogP) is 3.06. The summed E-state index contributed by atoms with van der Waals surface area (Å²) in [6.07, 6.45) is -0.378. The Kier molecular flexibility index (Phi) is 8.15. The average Bonchev–Trinajstić information content (AvgIpc) is 2.69. The van der Waals surface area contributed by atoms with Crippen LogP contribution in [0.3, 0.4) is 0 Å². The van der Waals surface area contributed by atoms with Gasteiger partial charge in [0.25, 0.3) is 0 Å². The summed E-state index contributed by atoms with van der Waals surface area (Å²) in [5.41, 5.74) is 1.74. The van der Waals surface area contributed by atoms with Crippen molar-refractivity contribution in [2.24, 2.45) is 0 Å². The normalized spacial score (nSPS) is 11.4. The molecular weight excluding hydrogens is 334 g/mol. The Bertz CT molecular complexity index is 675. The molecule has 138 valence electrons. The van der Waals surface area contributed by atoms with Crippen LogP contribution in [-0.4, -0.2) is 31.8 Å². The highest BCUT2D eigenvalue weighted by atomic mass is 16.6. The fraction of sp³-hybridized carbons (Fsp3) is 0.300. The van der Waals surface area contributed by atoms with Gasteiger partial charge < -0.3 is 19.5 Å². The van der Waals surface area contributed by atoms with Crippen LogP contribution in [0.2, 0.25) is 0 Å². The van der Waals surface area contributed by atoms with E-state index in [1.54, 1.807) is 0 Å². The van der Waals surface area contributed by atoms with Crippen LogP contribution in [0.4, 0.5) is 4.79 Å². The number of benzene rings is 2. The number of esters is 1. The van der Waals surface area contributed by atoms with Crippen LogP contribution in [0.25, 0.3) is 0 Å². The number of alkyl carbamates (subject to hydrolysis) is 1. The van der Waals surface area contributed by atoms with Crippen LogP contribution in [0, 0.1) is 0 Å². The standard InChI is InChI=1S/C20H23NO5/c1-24-13-12-18(19(22)25-14-16-8-4-2-5-9-16)21-20(23)26-15-17-10-6-3-7-11-17/h2-11,18H,12-15H2,1H3,(H,21,23)/t18-/m0/s1. The largest absolute Gasteiger partial charge is 0.459 e. The molecular formula is C20H23NO5. The molecule has 0 aromatic heterocycles. The number of ether oxygens (including phenoxy) is 3. The van der Waals surface area contributed by atoms with Gasteiger partial charge in [-0.15, -0.1) is 0 Å². The predicted molar refractivity (Wildman–Crippen MR) is 96.3 cm³/mol. The van der Waals surface area contributed by atoms with Gasteiger partial charge in [-0.1, -0.05) is 60.7 Å². The van der Waals surface area contributed by atoms with Gasteiger partial charge in [0.15, 0.2) is 0 Å². The minimum atomic E-state index is -0.832. The molecule has 2 rings (SSSR count). The van der Waals surface area contributed by atoms with Crippen molar-refractivity contribution in [3.63, 3.8) is 0 Å². The lowest BCUT2D eigenvalue weighted by molar-refractivity contribution is -0.147. The van der Waals surface area contributed by atoms with Gasteiger partial charge in [0, 0.05) is 20.1 Å². The second kappa shape index (κ2) is 10.9. The Labute approximate surface area is 153 Å². The van der Waals surface area contributed by atoms with Gasteiger partial charge in [-0.2, -0.15) is 0 Å². The van der Waals surface area contributed by atoms with E-state index in [4.69, 9.17) is 14.2 Å². The summed E-state index contributed by atoms with van der Waals surface area (Å²) < 4.78 is 15.4. The maximum Gasteiger partial charge on any atom is 0.408 e. The summed E-state index contributed by atoms with van der Waals surface area (Å²) in [6.45, 7) is 0.580. The highest BCUT2D eigenvalue weighted by Crippen LogP contribution is 2.05. The van der Waals surface area contributed by atoms with Gasteiger partial charge in [0.1, 0.15) is 19.3 Å². The molecule has 0 unspecified atom stereocenters. The molecule has 0 saturated heterocycles. The monoisotopic (exact) mass is 357 g/mol. The van der Waals surface area contributed by atoms with E-state index in [0.29, 0.717) is 13.0 Å². The maximum atomic E-state index is 12.3. The zero-order valence-electron chi connectivity index (χ0n) is 14.7.